The van der Waals surface area contributed by atoms with Crippen LogP contribution in [0.3, 0.4) is 0 Å². The van der Waals surface area contributed by atoms with Crippen LogP contribution in [0.1, 0.15) is 30.5 Å². The van der Waals surface area contributed by atoms with Crippen molar-refractivity contribution in [1.29, 1.82) is 0 Å². The zero-order valence-corrected chi connectivity index (χ0v) is 20.3. The number of likely N-dealkylation sites (tertiary alicyclic amines) is 1. The molecule has 1 aliphatic heterocycles. The van der Waals surface area contributed by atoms with Gasteiger partial charge in [-0.1, -0.05) is 23.7 Å². The molecule has 0 aliphatic carbocycles. The zero-order valence-electron chi connectivity index (χ0n) is 19.5. The van der Waals surface area contributed by atoms with Gasteiger partial charge in [0, 0.05) is 18.5 Å². The number of aryl methyl sites for hydroxylation is 1. The molecule has 3 aromatic rings. The molecule has 4 rings (SSSR count). The van der Waals surface area contributed by atoms with Gasteiger partial charge in [-0.2, -0.15) is 0 Å². The number of aromatic nitrogens is 2. The Morgan fingerprint density at radius 2 is 1.97 bits per heavy atom. The van der Waals surface area contributed by atoms with Crippen molar-refractivity contribution in [3.8, 4) is 11.5 Å². The number of nitrogens with zero attached hydrogens (tertiary/aromatic N) is 2. The third kappa shape index (κ3) is 5.02. The first kappa shape index (κ1) is 24.3. The summed E-state index contributed by atoms with van der Waals surface area (Å²) in [6.07, 6.45) is 6.15. The summed E-state index contributed by atoms with van der Waals surface area (Å²) in [5, 5.41) is 11.5. The number of rotatable bonds is 9. The first-order chi connectivity index (χ1) is 16.9. The Labute approximate surface area is 208 Å². The van der Waals surface area contributed by atoms with Crippen LogP contribution >= 0.6 is 11.6 Å². The number of H-pyrrole nitrogens is 1. The van der Waals surface area contributed by atoms with Crippen molar-refractivity contribution in [2.45, 2.75) is 25.9 Å². The number of hydrogen-bond acceptors (Lipinski definition) is 5. The number of carbonyl (C=O) groups excluding carboxylic acids is 2. The first-order valence-electron chi connectivity index (χ1n) is 11.3. The molecule has 1 aliphatic rings. The molecule has 35 heavy (non-hydrogen) atoms. The molecule has 182 valence electrons. The number of aromatic amines is 1. The van der Waals surface area contributed by atoms with E-state index in [1.165, 1.54) is 18.1 Å². The average Bonchev–Trinajstić information content (AvgIpc) is 3.46. The van der Waals surface area contributed by atoms with Gasteiger partial charge >= 0.3 is 0 Å². The zero-order chi connectivity index (χ0) is 24.9. The van der Waals surface area contributed by atoms with Gasteiger partial charge in [0.15, 0.2) is 0 Å². The summed E-state index contributed by atoms with van der Waals surface area (Å²) in [6, 6.07) is 11.2. The summed E-state index contributed by atoms with van der Waals surface area (Å²) < 4.78 is 12.7. The van der Waals surface area contributed by atoms with E-state index in [2.05, 4.69) is 4.98 Å². The van der Waals surface area contributed by atoms with Crippen molar-refractivity contribution < 1.29 is 28.7 Å². The normalized spacial score (nSPS) is 17.1. The van der Waals surface area contributed by atoms with Crippen LogP contribution in [0, 0.1) is 0 Å². The molecule has 9 heteroatoms. The number of nitrogens with one attached hydrogen (secondary N) is 1. The second-order valence-electron chi connectivity index (χ2n) is 8.05. The summed E-state index contributed by atoms with van der Waals surface area (Å²) in [7, 11) is 1.49. The van der Waals surface area contributed by atoms with Crippen molar-refractivity contribution in [3.05, 3.63) is 82.9 Å². The van der Waals surface area contributed by atoms with Crippen LogP contribution in [-0.2, 0) is 16.1 Å². The van der Waals surface area contributed by atoms with E-state index in [9.17, 15) is 14.7 Å². The van der Waals surface area contributed by atoms with Crippen LogP contribution < -0.4 is 14.0 Å². The molecule has 1 amide bonds. The number of methoxy groups -OCH3 is 1. The number of aliphatic hydroxyl groups is 1. The monoisotopic (exact) mass is 496 g/mol. The van der Waals surface area contributed by atoms with Crippen LogP contribution in [0.15, 0.2) is 66.8 Å². The Morgan fingerprint density at radius 3 is 2.60 bits per heavy atom. The fraction of sp³-hybridized carbons (Fsp3) is 0.269. The van der Waals surface area contributed by atoms with E-state index in [1.807, 2.05) is 42.3 Å². The molecule has 1 aromatic heterocycles. The van der Waals surface area contributed by atoms with E-state index < -0.39 is 17.7 Å². The smallest absolute Gasteiger partial charge is 0.295 e. The van der Waals surface area contributed by atoms with E-state index in [0.29, 0.717) is 48.7 Å². The second kappa shape index (κ2) is 10.7. The molecule has 2 heterocycles. The summed E-state index contributed by atoms with van der Waals surface area (Å²) in [5.74, 6) is -0.547. The Morgan fingerprint density at radius 1 is 1.20 bits per heavy atom. The lowest BCUT2D eigenvalue weighted by molar-refractivity contribution is -0.695. The molecular formula is C26H27ClN3O5+. The molecule has 0 saturated carbocycles. The number of carbonyl (C=O) groups is 2. The Kier molecular flexibility index (Phi) is 7.41. The molecule has 1 fully saturated rings. The molecule has 1 atom stereocenters. The minimum Gasteiger partial charge on any atom is -0.507 e. The Bertz CT molecular complexity index is 1240. The average molecular weight is 497 g/mol. The summed E-state index contributed by atoms with van der Waals surface area (Å²) in [5.41, 5.74) is 1.05. The molecule has 1 saturated heterocycles. The van der Waals surface area contributed by atoms with Crippen LogP contribution in [0.25, 0.3) is 5.76 Å². The fourth-order valence-electron chi connectivity index (χ4n) is 4.22. The standard InChI is InChI=1S/C26H26ClN3O5/c1-3-35-19-8-5-17(6-9-19)23-22(24(31)18-7-10-21(34-2)20(27)15-18)25(32)26(33)30(23)13-4-12-29-14-11-28-16-29/h5-11,14-16,23H,3-4,12-13H2,1-2H3,(H,31,32)/p+1. The first-order valence-corrected chi connectivity index (χ1v) is 11.7. The van der Waals surface area contributed by atoms with Crippen molar-refractivity contribution in [1.82, 2.24) is 9.88 Å². The largest absolute Gasteiger partial charge is 0.507 e. The number of aliphatic hydroxyl groups excluding tert-OH is 1. The molecule has 1 unspecified atom stereocenters. The molecule has 0 bridgehead atoms. The lowest BCUT2D eigenvalue weighted by Gasteiger charge is -2.25. The Balaban J connectivity index is 1.73. The maximum absolute atomic E-state index is 13.2. The van der Waals surface area contributed by atoms with E-state index >= 15 is 0 Å². The maximum Gasteiger partial charge on any atom is 0.295 e. The molecule has 0 radical (unpaired) electrons. The number of ether oxygens (including phenoxy) is 2. The lowest BCUT2D eigenvalue weighted by atomic mass is 9.95. The van der Waals surface area contributed by atoms with E-state index in [0.717, 1.165) is 0 Å². The predicted molar refractivity (Wildman–Crippen MR) is 130 cm³/mol. The van der Waals surface area contributed by atoms with E-state index in [1.54, 1.807) is 24.3 Å². The summed E-state index contributed by atoms with van der Waals surface area (Å²) in [4.78, 5) is 30.8. The van der Waals surface area contributed by atoms with Gasteiger partial charge in [0.05, 0.1) is 36.9 Å². The van der Waals surface area contributed by atoms with Gasteiger partial charge in [-0.25, -0.2) is 4.57 Å². The van der Waals surface area contributed by atoms with Gasteiger partial charge in [-0.3, -0.25) is 14.6 Å². The molecular weight excluding hydrogens is 470 g/mol. The van der Waals surface area contributed by atoms with Crippen LogP contribution in [0.4, 0.5) is 0 Å². The van der Waals surface area contributed by atoms with Crippen LogP contribution in [-0.4, -0.2) is 46.9 Å². The maximum atomic E-state index is 13.2. The van der Waals surface area contributed by atoms with Crippen molar-refractivity contribution >= 4 is 29.1 Å². The van der Waals surface area contributed by atoms with Gasteiger partial charge in [0.2, 0.25) is 6.33 Å². The number of hydrogen-bond donors (Lipinski definition) is 2. The number of Topliss-reactive ketones (excluding diaryl/α,β-unsaturated/α-hetero) is 1. The highest BCUT2D eigenvalue weighted by molar-refractivity contribution is 6.46. The quantitative estimate of drug-likeness (QED) is 0.203. The van der Waals surface area contributed by atoms with Crippen LogP contribution in [0.2, 0.25) is 5.02 Å². The Hall–Kier alpha value is -3.78. The van der Waals surface area contributed by atoms with Gasteiger partial charge in [0.25, 0.3) is 11.7 Å². The number of imidazole rings is 1. The third-order valence-electron chi connectivity index (χ3n) is 5.89. The number of halogens is 1. The van der Waals surface area contributed by atoms with E-state index in [-0.39, 0.29) is 16.4 Å². The second-order valence-corrected chi connectivity index (χ2v) is 8.45. The molecule has 2 aromatic carbocycles. The van der Waals surface area contributed by atoms with Gasteiger partial charge < -0.3 is 19.5 Å². The summed E-state index contributed by atoms with van der Waals surface area (Å²) >= 11 is 6.25. The molecule has 2 N–H and O–H groups in total. The third-order valence-corrected chi connectivity index (χ3v) is 6.19. The SMILES string of the molecule is CCOc1ccc(C2/C(=C(\O)c3ccc(OC)c(Cl)c3)C(=O)C(=O)N2CCC[n+]2cc[nH]c2)cc1. The number of ketones is 1. The highest BCUT2D eigenvalue weighted by atomic mass is 35.5. The minimum atomic E-state index is -0.747. The molecule has 8 nitrogen and oxygen atoms in total. The van der Waals surface area contributed by atoms with Gasteiger partial charge in [-0.15, -0.1) is 0 Å². The highest BCUT2D eigenvalue weighted by Crippen LogP contribution is 2.40. The lowest BCUT2D eigenvalue weighted by Crippen LogP contribution is -2.36. The van der Waals surface area contributed by atoms with Crippen LogP contribution in [0.5, 0.6) is 11.5 Å². The van der Waals surface area contributed by atoms with Gasteiger partial charge in [-0.05, 0) is 42.8 Å². The fourth-order valence-corrected chi connectivity index (χ4v) is 4.48. The topological polar surface area (TPSA) is 95.7 Å². The van der Waals surface area contributed by atoms with E-state index in [4.69, 9.17) is 21.1 Å². The highest BCUT2D eigenvalue weighted by Gasteiger charge is 2.45. The van der Waals surface area contributed by atoms with Gasteiger partial charge in [0.1, 0.15) is 29.7 Å². The predicted octanol–water partition coefficient (Wildman–Crippen LogP) is 3.87. The molecule has 0 spiro atoms. The van der Waals surface area contributed by atoms with Crippen molar-refractivity contribution in [3.63, 3.8) is 0 Å². The summed E-state index contributed by atoms with van der Waals surface area (Å²) in [6.45, 7) is 3.41. The minimum absolute atomic E-state index is 0.0229. The van der Waals surface area contributed by atoms with Crippen molar-refractivity contribution in [2.24, 2.45) is 0 Å². The van der Waals surface area contributed by atoms with Crippen molar-refractivity contribution in [2.75, 3.05) is 20.3 Å². The number of amides is 1. The number of benzene rings is 2.